The average molecular weight is 280 g/mol. The number of ether oxygens (including phenoxy) is 1. The van der Waals surface area contributed by atoms with E-state index >= 15 is 0 Å². The molecule has 0 saturated heterocycles. The van der Waals surface area contributed by atoms with Crippen molar-refractivity contribution in [2.24, 2.45) is 10.8 Å². The monoisotopic (exact) mass is 278 g/mol. The Labute approximate surface area is 114 Å². The van der Waals surface area contributed by atoms with E-state index < -0.39 is 0 Å². The quantitative estimate of drug-likeness (QED) is 0.438. The third-order valence-corrected chi connectivity index (χ3v) is 0.990. The smallest absolute Gasteiger partial charge is 0.468 e. The summed E-state index contributed by atoms with van der Waals surface area (Å²) in [7, 11) is 0. The number of carbonyl (C=O) groups excluding carboxylic acids is 1. The predicted molar refractivity (Wildman–Crippen MR) is 65.2 cm³/mol. The van der Waals surface area contributed by atoms with Gasteiger partial charge in [-0.3, -0.25) is 4.79 Å². The fraction of sp³-hybridized carbons (Fsp3) is 0.769. The van der Waals surface area contributed by atoms with Gasteiger partial charge in [-0.05, 0) is 20.8 Å². The normalized spacial score (nSPS) is 10.8. The summed E-state index contributed by atoms with van der Waals surface area (Å²) in [6.45, 7) is 19.5. The van der Waals surface area contributed by atoms with Crippen LogP contribution in [0.5, 0.6) is 0 Å². The van der Waals surface area contributed by atoms with Crippen molar-refractivity contribution in [3.63, 3.8) is 0 Å². The first-order chi connectivity index (χ1) is 6.48. The second-order valence-electron chi connectivity index (χ2n) is 5.80. The van der Waals surface area contributed by atoms with Gasteiger partial charge in [0, 0.05) is 0 Å². The summed E-state index contributed by atoms with van der Waals surface area (Å²) in [4.78, 5) is 11.0. The van der Waals surface area contributed by atoms with Crippen molar-refractivity contribution in [1.82, 2.24) is 0 Å². The number of hydrogen-bond acceptors (Lipinski definition) is 2. The maximum atomic E-state index is 11.0. The molecule has 0 bridgehead atoms. The molecule has 0 unspecified atom stereocenters. The van der Waals surface area contributed by atoms with E-state index in [0.29, 0.717) is 13.0 Å². The Bertz CT molecular complexity index is 169. The van der Waals surface area contributed by atoms with Gasteiger partial charge < -0.3 is 18.6 Å². The standard InChI is InChI=1S/C8H15O2.C5H11.Zn/c1-5-6-10-7(9)8(2,3)4;1-5(2,3)4;/h1,5-6H2,2-4H3;1H2,2-4H3;/q2*-1;+2. The summed E-state index contributed by atoms with van der Waals surface area (Å²) in [5.41, 5.74) is -0.130. The molecule has 0 aliphatic carbocycles. The zero-order chi connectivity index (χ0) is 12.7. The van der Waals surface area contributed by atoms with E-state index in [1.165, 1.54) is 0 Å². The molecule has 0 atom stereocenters. The van der Waals surface area contributed by atoms with Gasteiger partial charge in [0.2, 0.25) is 0 Å². The Balaban J connectivity index is -0.000000242. The zero-order valence-corrected chi connectivity index (χ0v) is 14.8. The summed E-state index contributed by atoms with van der Waals surface area (Å²) in [6.07, 6.45) is 0.641. The van der Waals surface area contributed by atoms with Crippen molar-refractivity contribution in [3.05, 3.63) is 13.8 Å². The van der Waals surface area contributed by atoms with E-state index in [9.17, 15) is 4.79 Å². The first kappa shape index (κ1) is 21.4. The van der Waals surface area contributed by atoms with Gasteiger partial charge in [-0.15, -0.1) is 6.42 Å². The van der Waals surface area contributed by atoms with Crippen LogP contribution >= 0.6 is 0 Å². The van der Waals surface area contributed by atoms with Gasteiger partial charge in [0.05, 0.1) is 12.0 Å². The fourth-order valence-electron chi connectivity index (χ4n) is 0.381. The predicted octanol–water partition coefficient (Wildman–Crippen LogP) is 3.66. The summed E-state index contributed by atoms with van der Waals surface area (Å²) >= 11 is 0. The van der Waals surface area contributed by atoms with Gasteiger partial charge >= 0.3 is 25.4 Å². The average Bonchev–Trinajstić information content (AvgIpc) is 1.94. The minimum absolute atomic E-state index is 0. The van der Waals surface area contributed by atoms with Crippen LogP contribution in [0.25, 0.3) is 0 Å². The molecular weight excluding hydrogens is 254 g/mol. The van der Waals surface area contributed by atoms with Crippen LogP contribution in [0.4, 0.5) is 0 Å². The van der Waals surface area contributed by atoms with Crippen LogP contribution < -0.4 is 0 Å². The van der Waals surface area contributed by atoms with Crippen LogP contribution in [0.2, 0.25) is 0 Å². The van der Waals surface area contributed by atoms with Gasteiger partial charge in [0.25, 0.3) is 0 Å². The molecule has 16 heavy (non-hydrogen) atoms. The number of rotatable bonds is 2. The molecule has 0 rings (SSSR count). The van der Waals surface area contributed by atoms with E-state index in [1.807, 2.05) is 20.8 Å². The molecule has 0 aliphatic heterocycles. The zero-order valence-electron chi connectivity index (χ0n) is 11.9. The second kappa shape index (κ2) is 9.16. The first-order valence-electron chi connectivity index (χ1n) is 5.30. The van der Waals surface area contributed by atoms with Crippen LogP contribution in [-0.2, 0) is 29.0 Å². The molecule has 92 valence electrons. The molecule has 0 aromatic carbocycles. The third kappa shape index (κ3) is 23.7. The maximum absolute atomic E-state index is 11.0. The molecule has 0 N–H and O–H groups in total. The topological polar surface area (TPSA) is 26.3 Å². The van der Waals surface area contributed by atoms with E-state index in [4.69, 9.17) is 4.74 Å². The Hall–Kier alpha value is 0.0934. The molecule has 0 amide bonds. The van der Waals surface area contributed by atoms with Crippen molar-refractivity contribution in [2.75, 3.05) is 6.61 Å². The summed E-state index contributed by atoms with van der Waals surface area (Å²) in [5.74, 6) is -0.156. The molecule has 2 nitrogen and oxygen atoms in total. The van der Waals surface area contributed by atoms with E-state index in [1.54, 1.807) is 0 Å². The van der Waals surface area contributed by atoms with Crippen molar-refractivity contribution in [1.29, 1.82) is 0 Å². The molecule has 3 heteroatoms. The molecule has 0 saturated carbocycles. The summed E-state index contributed by atoms with van der Waals surface area (Å²) < 4.78 is 4.85. The molecule has 0 heterocycles. The number of esters is 1. The SMILES string of the molecule is [CH2-]C(C)(C)C.[CH2-]CCOC(=O)C(C)(C)C.[Zn+2]. The van der Waals surface area contributed by atoms with E-state index in [2.05, 4.69) is 34.6 Å². The minimum atomic E-state index is -0.380. The Morgan fingerprint density at radius 2 is 1.44 bits per heavy atom. The summed E-state index contributed by atoms with van der Waals surface area (Å²) in [5, 5.41) is 0. The Morgan fingerprint density at radius 3 is 1.62 bits per heavy atom. The van der Waals surface area contributed by atoms with E-state index in [0.717, 1.165) is 0 Å². The van der Waals surface area contributed by atoms with Gasteiger partial charge in [0.15, 0.2) is 0 Å². The first-order valence-corrected chi connectivity index (χ1v) is 5.30. The summed E-state index contributed by atoms with van der Waals surface area (Å²) in [6, 6.07) is 0. The second-order valence-corrected chi connectivity index (χ2v) is 5.80. The number of carbonyl (C=O) groups is 1. The molecule has 0 spiro atoms. The van der Waals surface area contributed by atoms with Gasteiger partial charge in [0.1, 0.15) is 0 Å². The largest absolute Gasteiger partial charge is 2.00 e. The van der Waals surface area contributed by atoms with Crippen molar-refractivity contribution in [3.8, 4) is 0 Å². The van der Waals surface area contributed by atoms with Crippen LogP contribution in [0.15, 0.2) is 0 Å². The molecule has 0 aliphatic rings. The van der Waals surface area contributed by atoms with Gasteiger partial charge in [-0.25, -0.2) is 0 Å². The maximum Gasteiger partial charge on any atom is 2.00 e. The van der Waals surface area contributed by atoms with Crippen LogP contribution in [0.3, 0.4) is 0 Å². The van der Waals surface area contributed by atoms with Crippen LogP contribution in [0.1, 0.15) is 48.0 Å². The van der Waals surface area contributed by atoms with Gasteiger partial charge in [-0.2, -0.15) is 5.41 Å². The van der Waals surface area contributed by atoms with E-state index in [-0.39, 0.29) is 36.3 Å². The fourth-order valence-corrected chi connectivity index (χ4v) is 0.381. The number of hydrogen-bond donors (Lipinski definition) is 0. The van der Waals surface area contributed by atoms with Crippen molar-refractivity contribution < 1.29 is 29.0 Å². The Kier molecular flexibility index (Phi) is 12.2. The van der Waals surface area contributed by atoms with Crippen LogP contribution in [0, 0.1) is 24.7 Å². The van der Waals surface area contributed by atoms with Crippen LogP contribution in [-0.4, -0.2) is 12.6 Å². The molecule has 0 fully saturated rings. The Morgan fingerprint density at radius 1 is 1.12 bits per heavy atom. The molecule has 0 aromatic heterocycles. The van der Waals surface area contributed by atoms with Crippen molar-refractivity contribution in [2.45, 2.75) is 48.0 Å². The molecular formula is C13H26O2Zn. The third-order valence-electron chi connectivity index (χ3n) is 0.990. The van der Waals surface area contributed by atoms with Gasteiger partial charge in [-0.1, -0.05) is 20.8 Å². The minimum Gasteiger partial charge on any atom is -0.468 e. The van der Waals surface area contributed by atoms with Crippen molar-refractivity contribution >= 4 is 5.97 Å². The molecule has 0 radical (unpaired) electrons. The molecule has 0 aromatic rings.